The fourth-order valence-electron chi connectivity index (χ4n) is 1.41. The Morgan fingerprint density at radius 3 is 2.47 bits per heavy atom. The van der Waals surface area contributed by atoms with E-state index in [0.717, 1.165) is 13.1 Å². The van der Waals surface area contributed by atoms with Crippen molar-refractivity contribution in [3.05, 3.63) is 23.0 Å². The fourth-order valence-corrected chi connectivity index (χ4v) is 1.41. The first-order valence-corrected chi connectivity index (χ1v) is 4.86. The Kier molecular flexibility index (Phi) is 4.28. The van der Waals surface area contributed by atoms with Gasteiger partial charge in [0.15, 0.2) is 5.75 Å². The summed E-state index contributed by atoms with van der Waals surface area (Å²) in [5, 5.41) is 8.52. The summed E-state index contributed by atoms with van der Waals surface area (Å²) in [4.78, 5) is 13.9. The van der Waals surface area contributed by atoms with Gasteiger partial charge in [-0.05, 0) is 12.5 Å². The number of carboxylic acids is 1. The molecule has 19 heavy (non-hydrogen) atoms. The van der Waals surface area contributed by atoms with Gasteiger partial charge < -0.3 is 9.84 Å². The molecule has 1 aromatic rings. The van der Waals surface area contributed by atoms with Gasteiger partial charge in [-0.2, -0.15) is 0 Å². The zero-order chi connectivity index (χ0) is 14.8. The van der Waals surface area contributed by atoms with Gasteiger partial charge in [-0.25, -0.2) is 8.78 Å². The molecule has 1 heterocycles. The van der Waals surface area contributed by atoms with E-state index in [2.05, 4.69) is 9.72 Å². The Labute approximate surface area is 103 Å². The van der Waals surface area contributed by atoms with E-state index in [9.17, 15) is 26.7 Å². The highest BCUT2D eigenvalue weighted by atomic mass is 19.4. The van der Waals surface area contributed by atoms with Crippen LogP contribution in [0.5, 0.6) is 5.75 Å². The summed E-state index contributed by atoms with van der Waals surface area (Å²) in [5.41, 5.74) is -1.93. The molecule has 0 fully saturated rings. The molecule has 0 aliphatic heterocycles. The highest BCUT2D eigenvalue weighted by Crippen LogP contribution is 2.37. The first-order chi connectivity index (χ1) is 8.61. The molecule has 106 valence electrons. The molecular weight excluding hydrogens is 277 g/mol. The molecule has 0 aromatic carbocycles. The number of hydrogen-bond donors (Lipinski definition) is 1. The molecule has 0 saturated heterocycles. The lowest BCUT2D eigenvalue weighted by molar-refractivity contribution is -0.275. The zero-order valence-corrected chi connectivity index (χ0v) is 9.46. The molecule has 1 N–H and O–H groups in total. The van der Waals surface area contributed by atoms with Gasteiger partial charge in [-0.15, -0.1) is 13.2 Å². The minimum absolute atomic E-state index is 0.219. The Hall–Kier alpha value is -1.93. The number of aliphatic carboxylic acids is 1. The van der Waals surface area contributed by atoms with E-state index in [1.54, 1.807) is 0 Å². The lowest BCUT2D eigenvalue weighted by Crippen LogP contribution is -2.21. The molecule has 0 aliphatic carbocycles. The predicted octanol–water partition coefficient (Wildman–Crippen LogP) is 2.85. The first kappa shape index (κ1) is 15.1. The van der Waals surface area contributed by atoms with Crippen LogP contribution in [0.25, 0.3) is 0 Å². The van der Waals surface area contributed by atoms with E-state index in [1.165, 1.54) is 0 Å². The third-order valence-corrected chi connectivity index (χ3v) is 2.10. The van der Waals surface area contributed by atoms with Crippen LogP contribution in [0.4, 0.5) is 22.0 Å². The standard InChI is InChI=1S/C10H8F5NO3/c1-4-3-16-5(2-6(17)18)8(7(4)9(11)12)19-10(13,14)15/h3,9H,2H2,1H3,(H,17,18). The van der Waals surface area contributed by atoms with Gasteiger partial charge in [0.05, 0.1) is 17.7 Å². The van der Waals surface area contributed by atoms with Crippen molar-refractivity contribution in [3.8, 4) is 5.75 Å². The van der Waals surface area contributed by atoms with Crippen molar-refractivity contribution in [2.75, 3.05) is 0 Å². The summed E-state index contributed by atoms with van der Waals surface area (Å²) in [7, 11) is 0. The third-order valence-electron chi connectivity index (χ3n) is 2.10. The molecular formula is C10H8F5NO3. The van der Waals surface area contributed by atoms with Gasteiger partial charge in [0.1, 0.15) is 0 Å². The Morgan fingerprint density at radius 1 is 1.47 bits per heavy atom. The second-order valence-corrected chi connectivity index (χ2v) is 3.55. The van der Waals surface area contributed by atoms with Crippen molar-refractivity contribution < 1.29 is 36.6 Å². The van der Waals surface area contributed by atoms with Crippen molar-refractivity contribution in [2.24, 2.45) is 0 Å². The molecule has 1 rings (SSSR count). The number of aromatic nitrogens is 1. The Balaban J connectivity index is 3.39. The Bertz CT molecular complexity index is 487. The number of halogens is 5. The summed E-state index contributed by atoms with van der Waals surface area (Å²) in [6.07, 6.45) is -8.53. The van der Waals surface area contributed by atoms with Crippen LogP contribution >= 0.6 is 0 Å². The number of aryl methyl sites for hydroxylation is 1. The van der Waals surface area contributed by atoms with Crippen LogP contribution in [0.2, 0.25) is 0 Å². The molecule has 0 spiro atoms. The number of rotatable bonds is 4. The van der Waals surface area contributed by atoms with E-state index in [1.807, 2.05) is 0 Å². The molecule has 0 aliphatic rings. The van der Waals surface area contributed by atoms with Gasteiger partial charge in [-0.3, -0.25) is 9.78 Å². The average Bonchev–Trinajstić information content (AvgIpc) is 2.18. The molecule has 0 saturated carbocycles. The quantitative estimate of drug-likeness (QED) is 0.864. The lowest BCUT2D eigenvalue weighted by Gasteiger charge is -2.17. The normalized spacial score (nSPS) is 11.7. The van der Waals surface area contributed by atoms with Gasteiger partial charge in [0.2, 0.25) is 0 Å². The van der Waals surface area contributed by atoms with Gasteiger partial charge in [-0.1, -0.05) is 0 Å². The van der Waals surface area contributed by atoms with Crippen LogP contribution in [0.3, 0.4) is 0 Å². The molecule has 1 aromatic heterocycles. The maximum absolute atomic E-state index is 12.8. The fraction of sp³-hybridized carbons (Fsp3) is 0.400. The maximum atomic E-state index is 12.8. The van der Waals surface area contributed by atoms with E-state index >= 15 is 0 Å². The predicted molar refractivity (Wildman–Crippen MR) is 52.0 cm³/mol. The summed E-state index contributed by atoms with van der Waals surface area (Å²) in [6, 6.07) is 0. The number of alkyl halides is 5. The van der Waals surface area contributed by atoms with Gasteiger partial charge in [0.25, 0.3) is 6.43 Å². The van der Waals surface area contributed by atoms with Crippen molar-refractivity contribution >= 4 is 5.97 Å². The molecule has 0 bridgehead atoms. The number of carbonyl (C=O) groups is 1. The Morgan fingerprint density at radius 2 is 2.05 bits per heavy atom. The van der Waals surface area contributed by atoms with Crippen LogP contribution in [0.1, 0.15) is 23.2 Å². The number of carboxylic acid groups (broad SMARTS) is 1. The maximum Gasteiger partial charge on any atom is 0.573 e. The summed E-state index contributed by atoms with van der Waals surface area (Å²) < 4.78 is 65.6. The van der Waals surface area contributed by atoms with E-state index in [4.69, 9.17) is 5.11 Å². The van der Waals surface area contributed by atoms with E-state index in [0.29, 0.717) is 0 Å². The number of ether oxygens (including phenoxy) is 1. The minimum atomic E-state index is -5.22. The summed E-state index contributed by atoms with van der Waals surface area (Å²) in [6.45, 7) is 1.13. The van der Waals surface area contributed by atoms with Gasteiger partial charge >= 0.3 is 12.3 Å². The molecule has 4 nitrogen and oxygen atoms in total. The largest absolute Gasteiger partial charge is 0.573 e. The molecule has 9 heteroatoms. The zero-order valence-electron chi connectivity index (χ0n) is 9.46. The van der Waals surface area contributed by atoms with Crippen LogP contribution in [-0.2, 0) is 11.2 Å². The number of pyridine rings is 1. The lowest BCUT2D eigenvalue weighted by atomic mass is 10.1. The third kappa shape index (κ3) is 4.04. The monoisotopic (exact) mass is 285 g/mol. The molecule has 0 unspecified atom stereocenters. The van der Waals surface area contributed by atoms with Crippen LogP contribution in [0.15, 0.2) is 6.20 Å². The van der Waals surface area contributed by atoms with Crippen LogP contribution in [-0.4, -0.2) is 22.4 Å². The van der Waals surface area contributed by atoms with Crippen molar-refractivity contribution in [1.82, 2.24) is 4.98 Å². The molecule has 0 atom stereocenters. The highest BCUT2D eigenvalue weighted by molar-refractivity contribution is 5.71. The minimum Gasteiger partial charge on any atom is -0.481 e. The van der Waals surface area contributed by atoms with Crippen molar-refractivity contribution in [2.45, 2.75) is 26.1 Å². The summed E-state index contributed by atoms with van der Waals surface area (Å²) in [5.74, 6) is -2.76. The van der Waals surface area contributed by atoms with Crippen LogP contribution < -0.4 is 4.74 Å². The van der Waals surface area contributed by atoms with Gasteiger partial charge in [0, 0.05) is 6.20 Å². The second kappa shape index (κ2) is 5.37. The van der Waals surface area contributed by atoms with E-state index in [-0.39, 0.29) is 5.56 Å². The highest BCUT2D eigenvalue weighted by Gasteiger charge is 2.36. The SMILES string of the molecule is Cc1cnc(CC(=O)O)c(OC(F)(F)F)c1C(F)F. The first-order valence-electron chi connectivity index (χ1n) is 4.86. The number of hydrogen-bond acceptors (Lipinski definition) is 3. The average molecular weight is 285 g/mol. The second-order valence-electron chi connectivity index (χ2n) is 3.55. The smallest absolute Gasteiger partial charge is 0.481 e. The van der Waals surface area contributed by atoms with Crippen LogP contribution in [0, 0.1) is 6.92 Å². The summed E-state index contributed by atoms with van der Waals surface area (Å²) >= 11 is 0. The topological polar surface area (TPSA) is 59.4 Å². The number of nitrogens with zero attached hydrogens (tertiary/aromatic N) is 1. The van der Waals surface area contributed by atoms with E-state index < -0.39 is 42.2 Å². The molecule has 0 amide bonds. The van der Waals surface area contributed by atoms with Crippen molar-refractivity contribution in [3.63, 3.8) is 0 Å². The molecule has 0 radical (unpaired) electrons. The van der Waals surface area contributed by atoms with Crippen molar-refractivity contribution in [1.29, 1.82) is 0 Å².